The lowest BCUT2D eigenvalue weighted by Gasteiger charge is -2.19. The molecule has 1 aromatic carbocycles. The topological polar surface area (TPSA) is 55.1 Å². The van der Waals surface area contributed by atoms with E-state index >= 15 is 0 Å². The van der Waals surface area contributed by atoms with Crippen molar-refractivity contribution in [3.05, 3.63) is 52.0 Å². The molecule has 0 aliphatic carbocycles. The summed E-state index contributed by atoms with van der Waals surface area (Å²) in [4.78, 5) is 19.1. The molecule has 5 heteroatoms. The highest BCUT2D eigenvalue weighted by molar-refractivity contribution is 7.09. The lowest BCUT2D eigenvalue weighted by atomic mass is 9.94. The normalized spacial score (nSPS) is 12.7. The number of nitrogens with zero attached hydrogens (tertiary/aromatic N) is 2. The van der Waals surface area contributed by atoms with Gasteiger partial charge in [0.05, 0.1) is 11.0 Å². The smallest absolute Gasteiger partial charge is 0.163 e. The van der Waals surface area contributed by atoms with Crippen molar-refractivity contribution < 1.29 is 9.90 Å². The summed E-state index contributed by atoms with van der Waals surface area (Å²) >= 11 is 1.76. The molecule has 0 saturated carbocycles. The molecule has 0 spiro atoms. The Morgan fingerprint density at radius 1 is 1.20 bits per heavy atom. The number of aliphatic hydroxyl groups is 1. The molecule has 0 unspecified atom stereocenters. The van der Waals surface area contributed by atoms with E-state index in [4.69, 9.17) is 4.98 Å². The Kier molecular flexibility index (Phi) is 8.23. The number of aliphatic hydroxyl groups excluding tert-OH is 1. The largest absolute Gasteiger partial charge is 0.396 e. The number of benzene rings is 1. The van der Waals surface area contributed by atoms with Crippen LogP contribution in [0.1, 0.15) is 86.4 Å². The fourth-order valence-electron chi connectivity index (χ4n) is 4.21. The van der Waals surface area contributed by atoms with Crippen molar-refractivity contribution in [1.82, 2.24) is 9.55 Å². The third kappa shape index (κ3) is 5.19. The van der Waals surface area contributed by atoms with E-state index in [1.807, 2.05) is 12.1 Å². The molecule has 30 heavy (non-hydrogen) atoms. The van der Waals surface area contributed by atoms with Crippen LogP contribution in [0.15, 0.2) is 35.7 Å². The summed E-state index contributed by atoms with van der Waals surface area (Å²) in [6.07, 6.45) is 6.34. The Bertz CT molecular complexity index is 942. The fraction of sp³-hybridized carbons (Fsp3) is 0.520. The molecule has 2 aromatic heterocycles. The lowest BCUT2D eigenvalue weighted by Crippen LogP contribution is -2.13. The Morgan fingerprint density at radius 2 is 2.00 bits per heavy atom. The van der Waals surface area contributed by atoms with Crippen LogP contribution in [-0.2, 0) is 6.42 Å². The average Bonchev–Trinajstić information content (AvgIpc) is 3.39. The molecule has 0 aliphatic heterocycles. The third-order valence-electron chi connectivity index (χ3n) is 6.00. The number of hydrogen-bond donors (Lipinski definition) is 1. The Morgan fingerprint density at radius 3 is 2.63 bits per heavy atom. The first-order valence-corrected chi connectivity index (χ1v) is 12.2. The van der Waals surface area contributed by atoms with E-state index in [-0.39, 0.29) is 18.3 Å². The van der Waals surface area contributed by atoms with E-state index in [1.54, 1.807) is 11.3 Å². The van der Waals surface area contributed by atoms with Gasteiger partial charge in [-0.2, -0.15) is 0 Å². The molecule has 3 aromatic rings. The Labute approximate surface area is 184 Å². The predicted molar refractivity (Wildman–Crippen MR) is 126 cm³/mol. The van der Waals surface area contributed by atoms with E-state index in [1.165, 1.54) is 4.88 Å². The van der Waals surface area contributed by atoms with Crippen LogP contribution in [0.25, 0.3) is 11.0 Å². The minimum atomic E-state index is 0.0460. The van der Waals surface area contributed by atoms with E-state index in [0.29, 0.717) is 18.0 Å². The van der Waals surface area contributed by atoms with Crippen molar-refractivity contribution in [2.45, 2.75) is 71.8 Å². The van der Waals surface area contributed by atoms with Gasteiger partial charge in [-0.15, -0.1) is 11.3 Å². The Balaban J connectivity index is 1.92. The summed E-state index contributed by atoms with van der Waals surface area (Å²) in [5.41, 5.74) is 2.71. The first kappa shape index (κ1) is 22.7. The number of unbranched alkanes of at least 4 members (excludes halogenated alkanes) is 1. The summed E-state index contributed by atoms with van der Waals surface area (Å²) in [5, 5.41) is 11.7. The lowest BCUT2D eigenvalue weighted by molar-refractivity contribution is 0.0930. The molecule has 1 N–H and O–H groups in total. The van der Waals surface area contributed by atoms with Gasteiger partial charge in [0.15, 0.2) is 5.78 Å². The maximum absolute atomic E-state index is 12.9. The standard InChI is InChI=1S/C25H34N2O2S/c1-4-7-9-18(17-28)14-24(29)19-11-12-23-22(15-19)26-25(16-21-10-8-13-30-21)27(23)20(5-2)6-3/h8,10-13,15,18,20,28H,4-7,9,14,16-17H2,1-3H3/t18-/m1/s1. The van der Waals surface area contributed by atoms with Gasteiger partial charge >= 0.3 is 0 Å². The minimum absolute atomic E-state index is 0.0460. The molecule has 0 bridgehead atoms. The second kappa shape index (κ2) is 10.9. The van der Waals surface area contributed by atoms with Gasteiger partial charge in [-0.3, -0.25) is 4.79 Å². The van der Waals surface area contributed by atoms with Crippen LogP contribution in [0.4, 0.5) is 0 Å². The van der Waals surface area contributed by atoms with Gasteiger partial charge in [0.1, 0.15) is 5.82 Å². The number of fused-ring (bicyclic) bond motifs is 1. The number of carbonyl (C=O) groups is 1. The molecule has 0 radical (unpaired) electrons. The third-order valence-corrected chi connectivity index (χ3v) is 6.88. The molecule has 1 atom stereocenters. The van der Waals surface area contributed by atoms with Crippen LogP contribution in [0.2, 0.25) is 0 Å². The number of Topliss-reactive ketones (excluding diaryl/α,β-unsaturated/α-hetero) is 1. The predicted octanol–water partition coefficient (Wildman–Crippen LogP) is 6.42. The number of carbonyl (C=O) groups excluding carboxylic acids is 1. The molecule has 4 nitrogen and oxygen atoms in total. The number of hydrogen-bond acceptors (Lipinski definition) is 4. The second-order valence-corrected chi connectivity index (χ2v) is 9.18. The highest BCUT2D eigenvalue weighted by Gasteiger charge is 2.20. The maximum Gasteiger partial charge on any atom is 0.163 e. The van der Waals surface area contributed by atoms with Gasteiger partial charge in [-0.1, -0.05) is 39.7 Å². The van der Waals surface area contributed by atoms with Gasteiger partial charge in [0, 0.05) is 35.9 Å². The molecular formula is C25H34N2O2S. The van der Waals surface area contributed by atoms with Crippen LogP contribution in [0, 0.1) is 5.92 Å². The summed E-state index contributed by atoms with van der Waals surface area (Å²) in [6, 6.07) is 10.6. The van der Waals surface area contributed by atoms with Crippen LogP contribution >= 0.6 is 11.3 Å². The summed E-state index contributed by atoms with van der Waals surface area (Å²) < 4.78 is 2.38. The summed E-state index contributed by atoms with van der Waals surface area (Å²) in [6.45, 7) is 6.65. The van der Waals surface area contributed by atoms with E-state index in [9.17, 15) is 9.90 Å². The van der Waals surface area contributed by atoms with Crippen molar-refractivity contribution in [1.29, 1.82) is 0 Å². The van der Waals surface area contributed by atoms with E-state index in [2.05, 4.69) is 48.9 Å². The van der Waals surface area contributed by atoms with Gasteiger partial charge in [0.2, 0.25) is 0 Å². The Hall–Kier alpha value is -1.98. The molecule has 2 heterocycles. The van der Waals surface area contributed by atoms with Crippen molar-refractivity contribution >= 4 is 28.2 Å². The first-order chi connectivity index (χ1) is 14.6. The first-order valence-electron chi connectivity index (χ1n) is 11.3. The van der Waals surface area contributed by atoms with Crippen LogP contribution < -0.4 is 0 Å². The average molecular weight is 427 g/mol. The second-order valence-electron chi connectivity index (χ2n) is 8.15. The molecule has 162 valence electrons. The number of rotatable bonds is 12. The van der Waals surface area contributed by atoms with Crippen molar-refractivity contribution in [3.8, 4) is 0 Å². The van der Waals surface area contributed by atoms with Crippen LogP contribution in [-0.4, -0.2) is 27.0 Å². The fourth-order valence-corrected chi connectivity index (χ4v) is 4.91. The SMILES string of the molecule is CCCC[C@@H](CO)CC(=O)c1ccc2c(c1)nc(Cc1cccs1)n2C(CC)CC. The molecular weight excluding hydrogens is 392 g/mol. The zero-order valence-electron chi connectivity index (χ0n) is 18.4. The maximum atomic E-state index is 12.9. The zero-order chi connectivity index (χ0) is 21.5. The highest BCUT2D eigenvalue weighted by Crippen LogP contribution is 2.29. The summed E-state index contributed by atoms with van der Waals surface area (Å²) in [7, 11) is 0. The molecule has 0 aliphatic rings. The van der Waals surface area contributed by atoms with E-state index < -0.39 is 0 Å². The summed E-state index contributed by atoms with van der Waals surface area (Å²) in [5.74, 6) is 1.22. The van der Waals surface area contributed by atoms with Crippen molar-refractivity contribution in [2.75, 3.05) is 6.61 Å². The van der Waals surface area contributed by atoms with Gasteiger partial charge < -0.3 is 9.67 Å². The van der Waals surface area contributed by atoms with Crippen molar-refractivity contribution in [3.63, 3.8) is 0 Å². The van der Waals surface area contributed by atoms with Crippen LogP contribution in [0.3, 0.4) is 0 Å². The van der Waals surface area contributed by atoms with Gasteiger partial charge in [0.25, 0.3) is 0 Å². The van der Waals surface area contributed by atoms with Crippen molar-refractivity contribution in [2.24, 2.45) is 5.92 Å². The number of imidazole rings is 1. The van der Waals surface area contributed by atoms with Gasteiger partial charge in [-0.25, -0.2) is 4.98 Å². The number of aromatic nitrogens is 2. The zero-order valence-corrected chi connectivity index (χ0v) is 19.3. The molecule has 0 fully saturated rings. The van der Waals surface area contributed by atoms with Crippen LogP contribution in [0.5, 0.6) is 0 Å². The quantitative estimate of drug-likeness (QED) is 0.340. The molecule has 3 rings (SSSR count). The minimum Gasteiger partial charge on any atom is -0.396 e. The highest BCUT2D eigenvalue weighted by atomic mass is 32.1. The van der Waals surface area contributed by atoms with Gasteiger partial charge in [-0.05, 0) is 54.8 Å². The monoisotopic (exact) mass is 426 g/mol. The number of ketones is 1. The molecule has 0 amide bonds. The molecule has 0 saturated heterocycles. The van der Waals surface area contributed by atoms with E-state index in [0.717, 1.165) is 55.4 Å². The number of thiophene rings is 1.